The van der Waals surface area contributed by atoms with Crippen LogP contribution in [0.3, 0.4) is 0 Å². The van der Waals surface area contributed by atoms with Crippen molar-refractivity contribution in [2.45, 2.75) is 13.0 Å². The molecule has 90 valence electrons. The Kier molecular flexibility index (Phi) is 3.44. The van der Waals surface area contributed by atoms with Crippen LogP contribution in [0.2, 0.25) is 0 Å². The maximum atomic E-state index is 5.63. The Morgan fingerprint density at radius 3 is 2.76 bits per heavy atom. The second-order valence-electron chi connectivity index (χ2n) is 3.83. The number of hydrogen-bond acceptors (Lipinski definition) is 4. The molecule has 0 spiro atoms. The third-order valence-electron chi connectivity index (χ3n) is 2.64. The Bertz CT molecular complexity index is 494. The summed E-state index contributed by atoms with van der Waals surface area (Å²) in [6, 6.07) is 5.86. The smallest absolute Gasteiger partial charge is 0.137 e. The number of nitrogens with zero attached hydrogens (tertiary/aromatic N) is 1. The van der Waals surface area contributed by atoms with Crippen molar-refractivity contribution < 1.29 is 9.15 Å². The molecule has 0 amide bonds. The molecule has 17 heavy (non-hydrogen) atoms. The predicted molar refractivity (Wildman–Crippen MR) is 65.1 cm³/mol. The Morgan fingerprint density at radius 2 is 2.18 bits per heavy atom. The fraction of sp³-hybridized carbons (Fsp3) is 0.308. The summed E-state index contributed by atoms with van der Waals surface area (Å²) in [4.78, 5) is 4.15. The van der Waals surface area contributed by atoms with Crippen molar-refractivity contribution in [3.63, 3.8) is 0 Å². The van der Waals surface area contributed by atoms with Gasteiger partial charge >= 0.3 is 0 Å². The molecule has 1 atom stereocenters. The number of rotatable bonds is 4. The van der Waals surface area contributed by atoms with Crippen LogP contribution in [0.1, 0.15) is 23.1 Å². The first-order valence-corrected chi connectivity index (χ1v) is 5.47. The van der Waals surface area contributed by atoms with Crippen LogP contribution in [0.5, 0.6) is 5.75 Å². The molecule has 4 nitrogen and oxygen atoms in total. The summed E-state index contributed by atoms with van der Waals surface area (Å²) in [7, 11) is 3.52. The van der Waals surface area contributed by atoms with Gasteiger partial charge in [-0.05, 0) is 37.7 Å². The van der Waals surface area contributed by atoms with Crippen molar-refractivity contribution in [2.24, 2.45) is 0 Å². The number of pyridine rings is 1. The molecule has 0 aliphatic heterocycles. The molecule has 0 aromatic carbocycles. The summed E-state index contributed by atoms with van der Waals surface area (Å²) in [6.07, 6.45) is 3.49. The van der Waals surface area contributed by atoms with E-state index in [1.54, 1.807) is 13.3 Å². The van der Waals surface area contributed by atoms with Gasteiger partial charge in [0.2, 0.25) is 0 Å². The molecular weight excluding hydrogens is 216 g/mol. The molecular formula is C13H16N2O2. The van der Waals surface area contributed by atoms with E-state index in [9.17, 15) is 0 Å². The maximum Gasteiger partial charge on any atom is 0.137 e. The Balaban J connectivity index is 2.34. The molecule has 0 aliphatic rings. The summed E-state index contributed by atoms with van der Waals surface area (Å²) in [5.41, 5.74) is 1.02. The minimum absolute atomic E-state index is 0.00806. The van der Waals surface area contributed by atoms with Crippen LogP contribution in [0.15, 0.2) is 35.0 Å². The predicted octanol–water partition coefficient (Wildman–Crippen LogP) is 2.30. The summed E-state index contributed by atoms with van der Waals surface area (Å²) in [5.74, 6) is 2.52. The highest BCUT2D eigenvalue weighted by Gasteiger charge is 2.16. The Labute approximate surface area is 101 Å². The van der Waals surface area contributed by atoms with Crippen LogP contribution in [-0.2, 0) is 0 Å². The molecule has 1 unspecified atom stereocenters. The highest BCUT2D eigenvalue weighted by molar-refractivity contribution is 5.30. The fourth-order valence-electron chi connectivity index (χ4n) is 1.79. The van der Waals surface area contributed by atoms with Gasteiger partial charge in [-0.2, -0.15) is 0 Å². The van der Waals surface area contributed by atoms with Gasteiger partial charge in [0.1, 0.15) is 17.3 Å². The lowest BCUT2D eigenvalue weighted by molar-refractivity contribution is 0.409. The summed E-state index contributed by atoms with van der Waals surface area (Å²) in [6.45, 7) is 1.93. The molecule has 0 bridgehead atoms. The van der Waals surface area contributed by atoms with Crippen molar-refractivity contribution in [3.8, 4) is 5.75 Å². The summed E-state index contributed by atoms with van der Waals surface area (Å²) < 4.78 is 10.8. The number of aromatic nitrogens is 1. The first-order valence-electron chi connectivity index (χ1n) is 5.47. The van der Waals surface area contributed by atoms with Crippen molar-refractivity contribution in [2.75, 3.05) is 14.2 Å². The third-order valence-corrected chi connectivity index (χ3v) is 2.64. The average Bonchev–Trinajstić information content (AvgIpc) is 2.77. The minimum atomic E-state index is -0.00806. The van der Waals surface area contributed by atoms with Crippen LogP contribution >= 0.6 is 0 Å². The average molecular weight is 232 g/mol. The van der Waals surface area contributed by atoms with Crippen LogP contribution < -0.4 is 10.1 Å². The second-order valence-corrected chi connectivity index (χ2v) is 3.83. The Hall–Kier alpha value is -1.81. The van der Waals surface area contributed by atoms with Crippen LogP contribution in [0.4, 0.5) is 0 Å². The number of furan rings is 1. The van der Waals surface area contributed by atoms with Gasteiger partial charge in [-0.15, -0.1) is 0 Å². The normalized spacial score (nSPS) is 12.4. The van der Waals surface area contributed by atoms with Crippen molar-refractivity contribution >= 4 is 0 Å². The molecule has 0 saturated carbocycles. The highest BCUT2D eigenvalue weighted by Crippen LogP contribution is 2.25. The van der Waals surface area contributed by atoms with E-state index < -0.39 is 0 Å². The van der Waals surface area contributed by atoms with E-state index in [1.807, 2.05) is 38.4 Å². The van der Waals surface area contributed by atoms with Crippen molar-refractivity contribution in [1.29, 1.82) is 0 Å². The highest BCUT2D eigenvalue weighted by atomic mass is 16.5. The molecule has 1 N–H and O–H groups in total. The van der Waals surface area contributed by atoms with Gasteiger partial charge in [0.15, 0.2) is 0 Å². The zero-order chi connectivity index (χ0) is 12.3. The van der Waals surface area contributed by atoms with E-state index in [0.29, 0.717) is 0 Å². The van der Waals surface area contributed by atoms with Crippen LogP contribution in [0, 0.1) is 6.92 Å². The summed E-state index contributed by atoms with van der Waals surface area (Å²) >= 11 is 0. The molecule has 2 aromatic heterocycles. The van der Waals surface area contributed by atoms with Gasteiger partial charge in [0.05, 0.1) is 19.3 Å². The zero-order valence-corrected chi connectivity index (χ0v) is 10.2. The maximum absolute atomic E-state index is 5.63. The van der Waals surface area contributed by atoms with Gasteiger partial charge in [-0.1, -0.05) is 0 Å². The first kappa shape index (κ1) is 11.7. The van der Waals surface area contributed by atoms with Gasteiger partial charge in [0.25, 0.3) is 0 Å². The fourth-order valence-corrected chi connectivity index (χ4v) is 1.79. The van der Waals surface area contributed by atoms with Crippen molar-refractivity contribution in [3.05, 3.63) is 47.7 Å². The van der Waals surface area contributed by atoms with E-state index in [2.05, 4.69) is 10.3 Å². The van der Waals surface area contributed by atoms with E-state index in [1.165, 1.54) is 0 Å². The second kappa shape index (κ2) is 5.01. The molecule has 2 rings (SSSR count). The zero-order valence-electron chi connectivity index (χ0n) is 10.2. The van der Waals surface area contributed by atoms with Gasteiger partial charge in [0, 0.05) is 6.20 Å². The van der Waals surface area contributed by atoms with Crippen LogP contribution in [0.25, 0.3) is 0 Å². The van der Waals surface area contributed by atoms with Gasteiger partial charge < -0.3 is 14.5 Å². The standard InChI is InChI=1S/C13H16N2O2/c1-9-4-5-12(17-9)13(14-2)10-6-11(16-3)8-15-7-10/h4-8,13-14H,1-3H3. The van der Waals surface area contributed by atoms with Gasteiger partial charge in [-0.3, -0.25) is 4.98 Å². The lowest BCUT2D eigenvalue weighted by atomic mass is 10.1. The molecule has 0 radical (unpaired) electrons. The minimum Gasteiger partial charge on any atom is -0.495 e. The van der Waals surface area contributed by atoms with Crippen LogP contribution in [-0.4, -0.2) is 19.1 Å². The molecule has 0 aliphatic carbocycles. The monoisotopic (exact) mass is 232 g/mol. The topological polar surface area (TPSA) is 47.3 Å². The number of nitrogens with one attached hydrogen (secondary N) is 1. The number of methoxy groups -OCH3 is 1. The van der Waals surface area contributed by atoms with Gasteiger partial charge in [-0.25, -0.2) is 0 Å². The van der Waals surface area contributed by atoms with E-state index in [-0.39, 0.29) is 6.04 Å². The van der Waals surface area contributed by atoms with E-state index in [0.717, 1.165) is 22.8 Å². The molecule has 2 aromatic rings. The van der Waals surface area contributed by atoms with E-state index in [4.69, 9.17) is 9.15 Å². The third kappa shape index (κ3) is 2.47. The number of aryl methyl sites for hydroxylation is 1. The summed E-state index contributed by atoms with van der Waals surface area (Å²) in [5, 5.41) is 3.21. The SMILES string of the molecule is CNC(c1cncc(OC)c1)c1ccc(C)o1. The molecule has 0 saturated heterocycles. The molecule has 2 heterocycles. The number of ether oxygens (including phenoxy) is 1. The van der Waals surface area contributed by atoms with Crippen molar-refractivity contribution in [1.82, 2.24) is 10.3 Å². The number of hydrogen-bond donors (Lipinski definition) is 1. The lowest BCUT2D eigenvalue weighted by Gasteiger charge is -2.14. The first-order chi connectivity index (χ1) is 8.24. The molecule has 0 fully saturated rings. The lowest BCUT2D eigenvalue weighted by Crippen LogP contribution is -2.17. The Morgan fingerprint density at radius 1 is 1.35 bits per heavy atom. The molecule has 4 heteroatoms. The largest absolute Gasteiger partial charge is 0.495 e. The van der Waals surface area contributed by atoms with E-state index >= 15 is 0 Å². The quantitative estimate of drug-likeness (QED) is 0.878.